The lowest BCUT2D eigenvalue weighted by atomic mass is 10.1. The summed E-state index contributed by atoms with van der Waals surface area (Å²) in [6.07, 6.45) is 1.59. The third kappa shape index (κ3) is 5.35. The van der Waals surface area contributed by atoms with Crippen LogP contribution in [-0.2, 0) is 0 Å². The molecule has 0 bridgehead atoms. The summed E-state index contributed by atoms with van der Waals surface area (Å²) in [6, 6.07) is 6.00. The molecule has 146 valence electrons. The Kier molecular flexibility index (Phi) is 7.16. The molecule has 28 heavy (non-hydrogen) atoms. The average Bonchev–Trinajstić information content (AvgIpc) is 2.70. The molecule has 2 rings (SSSR count). The van der Waals surface area contributed by atoms with Gasteiger partial charge >= 0.3 is 0 Å². The third-order valence-electron chi connectivity index (χ3n) is 3.60. The number of hydrogen-bond acceptors (Lipinski definition) is 7. The maximum absolute atomic E-state index is 12.3. The molecule has 0 aliphatic rings. The number of carbonyl (C=O) groups is 1. The predicted molar refractivity (Wildman–Crippen MR) is 101 cm³/mol. The Balaban J connectivity index is 1.97. The van der Waals surface area contributed by atoms with Crippen molar-refractivity contribution in [1.82, 2.24) is 10.3 Å². The minimum atomic E-state index is -0.661. The number of rotatable bonds is 7. The zero-order valence-corrected chi connectivity index (χ0v) is 15.6. The van der Waals surface area contributed by atoms with Gasteiger partial charge in [-0.2, -0.15) is 0 Å². The van der Waals surface area contributed by atoms with E-state index in [1.54, 1.807) is 12.3 Å². The molecule has 0 unspecified atom stereocenters. The zero-order valence-electron chi connectivity index (χ0n) is 15.6. The van der Waals surface area contributed by atoms with Crippen molar-refractivity contribution in [3.63, 3.8) is 0 Å². The first-order chi connectivity index (χ1) is 13.5. The Labute approximate surface area is 161 Å². The fraction of sp³-hybridized carbons (Fsp3) is 0.263. The Morgan fingerprint density at radius 3 is 2.54 bits per heavy atom. The molecule has 1 aromatic heterocycles. The second kappa shape index (κ2) is 9.78. The molecule has 0 fully saturated rings. The summed E-state index contributed by atoms with van der Waals surface area (Å²) in [4.78, 5) is 27.0. The summed E-state index contributed by atoms with van der Waals surface area (Å²) in [7, 11) is 2.73. The first-order valence-electron chi connectivity index (χ1n) is 8.16. The number of amides is 1. The largest absolute Gasteiger partial charge is 0.493 e. The number of ether oxygens (including phenoxy) is 3. The van der Waals surface area contributed by atoms with Crippen molar-refractivity contribution in [3.05, 3.63) is 51.8 Å². The third-order valence-corrected chi connectivity index (χ3v) is 3.60. The summed E-state index contributed by atoms with van der Waals surface area (Å²) in [5.74, 6) is 5.77. The monoisotopic (exact) mass is 385 g/mol. The molecule has 1 N–H and O–H groups in total. The molecule has 0 atom stereocenters. The number of nitrogens with one attached hydrogen (secondary N) is 1. The predicted octanol–water partition coefficient (Wildman–Crippen LogP) is 2.13. The second-order valence-corrected chi connectivity index (χ2v) is 5.44. The molecular formula is C19H19N3O6. The van der Waals surface area contributed by atoms with Gasteiger partial charge in [-0.1, -0.05) is 11.8 Å². The highest BCUT2D eigenvalue weighted by Gasteiger charge is 2.24. The fourth-order valence-corrected chi connectivity index (χ4v) is 2.19. The van der Waals surface area contributed by atoms with Crippen LogP contribution in [0.15, 0.2) is 30.5 Å². The summed E-state index contributed by atoms with van der Waals surface area (Å²) in [5, 5.41) is 13.8. The van der Waals surface area contributed by atoms with E-state index in [-0.39, 0.29) is 30.2 Å². The smallest absolute Gasteiger partial charge is 0.286 e. The molecule has 1 aromatic carbocycles. The first-order valence-corrected chi connectivity index (χ1v) is 8.16. The van der Waals surface area contributed by atoms with Gasteiger partial charge in [-0.15, -0.1) is 0 Å². The maximum atomic E-state index is 12.3. The van der Waals surface area contributed by atoms with E-state index >= 15 is 0 Å². The molecule has 1 amide bonds. The lowest BCUT2D eigenvalue weighted by molar-refractivity contribution is -0.385. The van der Waals surface area contributed by atoms with Crippen LogP contribution in [-0.4, -0.2) is 43.2 Å². The Morgan fingerprint density at radius 1 is 1.21 bits per heavy atom. The van der Waals surface area contributed by atoms with Crippen molar-refractivity contribution in [3.8, 4) is 29.1 Å². The van der Waals surface area contributed by atoms with Crippen molar-refractivity contribution in [1.29, 1.82) is 0 Å². The van der Waals surface area contributed by atoms with E-state index in [2.05, 4.69) is 22.1 Å². The Hall–Kier alpha value is -3.80. The van der Waals surface area contributed by atoms with Crippen molar-refractivity contribution in [2.75, 3.05) is 27.4 Å². The molecule has 0 radical (unpaired) electrons. The molecule has 0 saturated carbocycles. The van der Waals surface area contributed by atoms with E-state index in [1.807, 2.05) is 13.0 Å². The molecule has 0 aliphatic heterocycles. The number of pyridine rings is 1. The van der Waals surface area contributed by atoms with E-state index in [0.29, 0.717) is 5.75 Å². The molecule has 0 spiro atoms. The quantitative estimate of drug-likeness (QED) is 0.441. The molecule has 2 aromatic rings. The fourth-order valence-electron chi connectivity index (χ4n) is 2.19. The minimum Gasteiger partial charge on any atom is -0.493 e. The van der Waals surface area contributed by atoms with Crippen LogP contribution < -0.4 is 19.5 Å². The van der Waals surface area contributed by atoms with Crippen molar-refractivity contribution < 1.29 is 23.9 Å². The van der Waals surface area contributed by atoms with E-state index in [1.165, 1.54) is 20.3 Å². The van der Waals surface area contributed by atoms with Crippen molar-refractivity contribution in [2.24, 2.45) is 0 Å². The summed E-state index contributed by atoms with van der Waals surface area (Å²) in [5.41, 5.74) is 0.343. The highest BCUT2D eigenvalue weighted by Crippen LogP contribution is 2.34. The molecule has 9 nitrogen and oxygen atoms in total. The summed E-state index contributed by atoms with van der Waals surface area (Å²) >= 11 is 0. The van der Waals surface area contributed by atoms with Gasteiger partial charge in [0.1, 0.15) is 17.9 Å². The lowest BCUT2D eigenvalue weighted by Gasteiger charge is -2.10. The van der Waals surface area contributed by atoms with Gasteiger partial charge in [0.2, 0.25) is 0 Å². The van der Waals surface area contributed by atoms with E-state index < -0.39 is 16.5 Å². The lowest BCUT2D eigenvalue weighted by Crippen LogP contribution is -2.24. The van der Waals surface area contributed by atoms with Gasteiger partial charge in [-0.25, -0.2) is 0 Å². The van der Waals surface area contributed by atoms with Crippen LogP contribution in [0.1, 0.15) is 16.1 Å². The van der Waals surface area contributed by atoms with Gasteiger partial charge in [-0.3, -0.25) is 19.9 Å². The normalized spacial score (nSPS) is 9.68. The zero-order chi connectivity index (χ0) is 20.5. The number of nitro groups is 1. The van der Waals surface area contributed by atoms with E-state index in [9.17, 15) is 14.9 Å². The number of aryl methyl sites for hydroxylation is 1. The van der Waals surface area contributed by atoms with Crippen LogP contribution in [0.5, 0.6) is 17.2 Å². The molecular weight excluding hydrogens is 366 g/mol. The minimum absolute atomic E-state index is 0.000159. The number of nitrogens with zero attached hydrogens (tertiary/aromatic N) is 2. The van der Waals surface area contributed by atoms with Crippen molar-refractivity contribution in [2.45, 2.75) is 6.92 Å². The molecule has 0 aliphatic carbocycles. The van der Waals surface area contributed by atoms with Gasteiger partial charge in [0, 0.05) is 11.8 Å². The van der Waals surface area contributed by atoms with Gasteiger partial charge in [0.15, 0.2) is 11.5 Å². The SMILES string of the molecule is COc1cc(C(=O)NCC#CCOc2ccc(C)nc2)c([N+](=O)[O-])cc1OC. The van der Waals surface area contributed by atoms with Crippen LogP contribution in [0.25, 0.3) is 0 Å². The molecule has 9 heteroatoms. The van der Waals surface area contributed by atoms with E-state index in [4.69, 9.17) is 14.2 Å². The van der Waals surface area contributed by atoms with Crippen molar-refractivity contribution >= 4 is 11.6 Å². The average molecular weight is 385 g/mol. The summed E-state index contributed by atoms with van der Waals surface area (Å²) < 4.78 is 15.5. The Morgan fingerprint density at radius 2 is 1.93 bits per heavy atom. The van der Waals surface area contributed by atoms with Crippen LogP contribution >= 0.6 is 0 Å². The van der Waals surface area contributed by atoms with Gasteiger partial charge < -0.3 is 19.5 Å². The second-order valence-electron chi connectivity index (χ2n) is 5.44. The highest BCUT2D eigenvalue weighted by atomic mass is 16.6. The highest BCUT2D eigenvalue weighted by molar-refractivity contribution is 5.99. The van der Waals surface area contributed by atoms with E-state index in [0.717, 1.165) is 11.8 Å². The van der Waals surface area contributed by atoms with Crippen LogP contribution in [0.3, 0.4) is 0 Å². The number of benzene rings is 1. The van der Waals surface area contributed by atoms with Crippen LogP contribution in [0.4, 0.5) is 5.69 Å². The van der Waals surface area contributed by atoms with Gasteiger partial charge in [0.25, 0.3) is 11.6 Å². The molecule has 1 heterocycles. The number of nitro benzene ring substituents is 1. The molecule has 0 saturated heterocycles. The topological polar surface area (TPSA) is 113 Å². The number of methoxy groups -OCH3 is 2. The maximum Gasteiger partial charge on any atom is 0.286 e. The first kappa shape index (κ1) is 20.5. The standard InChI is InChI=1S/C19H19N3O6/c1-13-6-7-14(12-21-13)28-9-5-4-8-20-19(23)15-10-17(26-2)18(27-3)11-16(15)22(24)25/h6-7,10-12H,8-9H2,1-3H3,(H,20,23). The number of hydrogen-bond donors (Lipinski definition) is 1. The van der Waals surface area contributed by atoms with Crippen LogP contribution in [0, 0.1) is 28.9 Å². The van der Waals surface area contributed by atoms with Crippen LogP contribution in [0.2, 0.25) is 0 Å². The number of carbonyl (C=O) groups excluding carboxylic acids is 1. The van der Waals surface area contributed by atoms with Gasteiger partial charge in [-0.05, 0) is 19.1 Å². The Bertz CT molecular complexity index is 916. The summed E-state index contributed by atoms with van der Waals surface area (Å²) in [6.45, 7) is 1.99. The van der Waals surface area contributed by atoms with Gasteiger partial charge in [0.05, 0.1) is 38.0 Å². The number of aromatic nitrogens is 1.